The van der Waals surface area contributed by atoms with Gasteiger partial charge in [-0.1, -0.05) is 48.7 Å². The van der Waals surface area contributed by atoms with Crippen molar-refractivity contribution in [1.29, 1.82) is 0 Å². The van der Waals surface area contributed by atoms with Gasteiger partial charge in [0, 0.05) is 6.42 Å². The first-order valence-corrected chi connectivity index (χ1v) is 4.22. The average molecular weight is 243 g/mol. The second kappa shape index (κ2) is 3.43. The third-order valence-electron chi connectivity index (χ3n) is 1.41. The van der Waals surface area contributed by atoms with Crippen LogP contribution in [0.3, 0.4) is 0 Å². The van der Waals surface area contributed by atoms with Crippen molar-refractivity contribution >= 4 is 34.8 Å². The number of hydrogen-bond donors (Lipinski definition) is 0. The van der Waals surface area contributed by atoms with E-state index in [-0.39, 0.29) is 0 Å². The van der Waals surface area contributed by atoms with Crippen LogP contribution in [-0.4, -0.2) is 9.97 Å². The summed E-state index contributed by atoms with van der Waals surface area (Å²) in [7, 11) is 0. The highest BCUT2D eigenvalue weighted by molar-refractivity contribution is 6.67. The largest absolute Gasteiger partial charge is 0.394 e. The van der Waals surface area contributed by atoms with E-state index in [4.69, 9.17) is 34.8 Å². The molecular formula is C6H8Cl3F3. The maximum absolute atomic E-state index is 12.2. The first kappa shape index (κ1) is 12.7. The number of hydrogen-bond acceptors (Lipinski definition) is 0. The molecule has 0 aliphatic carbocycles. The Morgan fingerprint density at radius 1 is 1.00 bits per heavy atom. The highest BCUT2D eigenvalue weighted by Crippen LogP contribution is 2.47. The smallest absolute Gasteiger partial charge is 0.171 e. The molecule has 0 spiro atoms. The van der Waals surface area contributed by atoms with Crippen LogP contribution in [0.25, 0.3) is 0 Å². The SMILES string of the molecule is CC(C)(CC(Cl)(Cl)Cl)C(F)(F)F. The second-order valence-corrected chi connectivity index (χ2v) is 5.69. The summed E-state index contributed by atoms with van der Waals surface area (Å²) in [5.74, 6) is 0. The molecule has 0 aromatic rings. The fourth-order valence-electron chi connectivity index (χ4n) is 0.601. The van der Waals surface area contributed by atoms with Crippen LogP contribution in [0, 0.1) is 5.41 Å². The minimum Gasteiger partial charge on any atom is -0.171 e. The van der Waals surface area contributed by atoms with Crippen LogP contribution in [0.4, 0.5) is 13.2 Å². The van der Waals surface area contributed by atoms with Gasteiger partial charge in [0.05, 0.1) is 5.41 Å². The van der Waals surface area contributed by atoms with Gasteiger partial charge in [0.15, 0.2) is 3.79 Å². The van der Waals surface area contributed by atoms with Crippen molar-refractivity contribution in [3.8, 4) is 0 Å². The lowest BCUT2D eigenvalue weighted by Crippen LogP contribution is -2.35. The van der Waals surface area contributed by atoms with Crippen molar-refractivity contribution in [2.45, 2.75) is 30.2 Å². The monoisotopic (exact) mass is 242 g/mol. The molecule has 0 aromatic carbocycles. The van der Waals surface area contributed by atoms with E-state index >= 15 is 0 Å². The predicted molar refractivity (Wildman–Crippen MR) is 44.7 cm³/mol. The van der Waals surface area contributed by atoms with E-state index in [1.807, 2.05) is 0 Å². The Morgan fingerprint density at radius 2 is 1.33 bits per heavy atom. The highest BCUT2D eigenvalue weighted by Gasteiger charge is 2.50. The zero-order valence-electron chi connectivity index (χ0n) is 6.47. The summed E-state index contributed by atoms with van der Waals surface area (Å²) >= 11 is 15.8. The molecule has 0 heterocycles. The molecule has 0 nitrogen and oxygen atoms in total. The molecule has 0 atom stereocenters. The van der Waals surface area contributed by atoms with Crippen LogP contribution in [0.2, 0.25) is 0 Å². The number of rotatable bonds is 1. The molecule has 0 saturated heterocycles. The summed E-state index contributed by atoms with van der Waals surface area (Å²) < 4.78 is 34.7. The fraction of sp³-hybridized carbons (Fsp3) is 1.00. The molecule has 0 aliphatic heterocycles. The summed E-state index contributed by atoms with van der Waals surface area (Å²) in [5, 5.41) is 0. The lowest BCUT2D eigenvalue weighted by atomic mass is 9.89. The van der Waals surface area contributed by atoms with E-state index in [0.29, 0.717) is 0 Å². The Bertz CT molecular complexity index is 156. The number of alkyl halides is 6. The summed E-state index contributed by atoms with van der Waals surface area (Å²) in [6.45, 7) is 1.99. The molecule has 0 saturated carbocycles. The van der Waals surface area contributed by atoms with Crippen molar-refractivity contribution in [2.75, 3.05) is 0 Å². The van der Waals surface area contributed by atoms with E-state index in [1.54, 1.807) is 0 Å². The average Bonchev–Trinajstić information content (AvgIpc) is 1.52. The summed E-state index contributed by atoms with van der Waals surface area (Å²) in [6.07, 6.45) is -4.90. The van der Waals surface area contributed by atoms with Gasteiger partial charge in [-0.25, -0.2) is 0 Å². The third-order valence-corrected chi connectivity index (χ3v) is 1.81. The molecule has 74 valence electrons. The van der Waals surface area contributed by atoms with E-state index in [0.717, 1.165) is 13.8 Å². The molecule has 0 N–H and O–H groups in total. The molecule has 0 fully saturated rings. The minimum atomic E-state index is -4.35. The van der Waals surface area contributed by atoms with Crippen LogP contribution >= 0.6 is 34.8 Å². The minimum absolute atomic E-state index is 0.547. The molecule has 0 aliphatic rings. The zero-order valence-corrected chi connectivity index (χ0v) is 8.74. The second-order valence-electron chi connectivity index (χ2n) is 3.17. The quantitative estimate of drug-likeness (QED) is 0.601. The third kappa shape index (κ3) is 4.06. The van der Waals surface area contributed by atoms with Gasteiger partial charge in [-0.2, -0.15) is 13.2 Å². The molecule has 12 heavy (non-hydrogen) atoms. The van der Waals surface area contributed by atoms with Crippen LogP contribution in [0.1, 0.15) is 20.3 Å². The Labute approximate surface area is 84.0 Å². The van der Waals surface area contributed by atoms with Crippen molar-refractivity contribution in [3.63, 3.8) is 0 Å². The molecule has 0 rings (SSSR count). The van der Waals surface area contributed by atoms with Gasteiger partial charge in [0.25, 0.3) is 0 Å². The summed E-state index contributed by atoms with van der Waals surface area (Å²) in [6, 6.07) is 0. The lowest BCUT2D eigenvalue weighted by molar-refractivity contribution is -0.213. The molecule has 0 radical (unpaired) electrons. The lowest BCUT2D eigenvalue weighted by Gasteiger charge is -2.30. The van der Waals surface area contributed by atoms with Crippen molar-refractivity contribution in [3.05, 3.63) is 0 Å². The number of halogens is 6. The summed E-state index contributed by atoms with van der Waals surface area (Å²) in [4.78, 5) is 0. The van der Waals surface area contributed by atoms with Gasteiger partial charge < -0.3 is 0 Å². The molecule has 6 heteroatoms. The standard InChI is InChI=1S/C6H8Cl3F3/c1-4(2,6(10,11)12)3-5(7,8)9/h3H2,1-2H3. The Morgan fingerprint density at radius 3 is 1.42 bits per heavy atom. The van der Waals surface area contributed by atoms with Crippen molar-refractivity contribution < 1.29 is 13.2 Å². The molecule has 0 aromatic heterocycles. The van der Waals surface area contributed by atoms with E-state index in [2.05, 4.69) is 0 Å². The van der Waals surface area contributed by atoms with Gasteiger partial charge in [-0.3, -0.25) is 0 Å². The van der Waals surface area contributed by atoms with Crippen LogP contribution in [-0.2, 0) is 0 Å². The fourth-order valence-corrected chi connectivity index (χ4v) is 1.60. The Kier molecular flexibility index (Phi) is 3.62. The predicted octanol–water partition coefficient (Wildman–Crippen LogP) is 4.34. The molecule has 0 unspecified atom stereocenters. The molecule has 0 bridgehead atoms. The van der Waals surface area contributed by atoms with Crippen LogP contribution in [0.5, 0.6) is 0 Å². The Hall–Kier alpha value is 0.660. The first-order chi connectivity index (χ1) is 4.96. The Balaban J connectivity index is 4.44. The van der Waals surface area contributed by atoms with Gasteiger partial charge in [-0.05, 0) is 0 Å². The molecular weight excluding hydrogens is 235 g/mol. The van der Waals surface area contributed by atoms with E-state index < -0.39 is 21.8 Å². The van der Waals surface area contributed by atoms with Crippen LogP contribution in [0.15, 0.2) is 0 Å². The maximum Gasteiger partial charge on any atom is 0.394 e. The van der Waals surface area contributed by atoms with Gasteiger partial charge in [0.1, 0.15) is 0 Å². The topological polar surface area (TPSA) is 0 Å². The van der Waals surface area contributed by atoms with Crippen LogP contribution < -0.4 is 0 Å². The highest BCUT2D eigenvalue weighted by atomic mass is 35.6. The van der Waals surface area contributed by atoms with Gasteiger partial charge >= 0.3 is 6.18 Å². The van der Waals surface area contributed by atoms with E-state index in [9.17, 15) is 13.2 Å². The first-order valence-electron chi connectivity index (χ1n) is 3.09. The zero-order chi connectivity index (χ0) is 10.2. The van der Waals surface area contributed by atoms with Gasteiger partial charge in [-0.15, -0.1) is 0 Å². The van der Waals surface area contributed by atoms with E-state index in [1.165, 1.54) is 0 Å². The normalized spacial score (nSPS) is 15.0. The van der Waals surface area contributed by atoms with Gasteiger partial charge in [0.2, 0.25) is 0 Å². The molecule has 0 amide bonds. The van der Waals surface area contributed by atoms with Crippen molar-refractivity contribution in [1.82, 2.24) is 0 Å². The summed E-state index contributed by atoms with van der Waals surface area (Å²) in [5.41, 5.74) is -1.97. The van der Waals surface area contributed by atoms with Crippen molar-refractivity contribution in [2.24, 2.45) is 5.41 Å². The maximum atomic E-state index is 12.2.